The molecule has 0 fully saturated rings. The van der Waals surface area contributed by atoms with E-state index in [1.165, 1.54) is 22.3 Å². The molecule has 1 N–H and O–H groups in total. The van der Waals surface area contributed by atoms with E-state index >= 15 is 0 Å². The third-order valence-electron chi connectivity index (χ3n) is 6.19. The number of nitrogens with one attached hydrogen (secondary N) is 1. The highest BCUT2D eigenvalue weighted by Crippen LogP contribution is 2.45. The van der Waals surface area contributed by atoms with Gasteiger partial charge in [-0.2, -0.15) is 0 Å². The van der Waals surface area contributed by atoms with Crippen LogP contribution < -0.4 is 15.1 Å². The number of H-pyrrole nitrogens is 1. The minimum absolute atomic E-state index is 0.0781. The fourth-order valence-corrected chi connectivity index (χ4v) is 5.46. The zero-order chi connectivity index (χ0) is 21.8. The van der Waals surface area contributed by atoms with Crippen molar-refractivity contribution in [2.24, 2.45) is 0 Å². The second-order valence-electron chi connectivity index (χ2n) is 8.83. The highest BCUT2D eigenvalue weighted by molar-refractivity contribution is 7.98. The SMILES string of the molecule is CCc1cc2c3c(c1)-c1c(=O)[nH]c(SCc4ccccc4)n[n+]1CN3C(C)(C)C=C2C. The molecule has 2 aromatic carbocycles. The Morgan fingerprint density at radius 2 is 1.90 bits per heavy atom. The van der Waals surface area contributed by atoms with E-state index in [2.05, 4.69) is 67.9 Å². The Morgan fingerprint density at radius 3 is 2.65 bits per heavy atom. The molecule has 0 saturated carbocycles. The van der Waals surface area contributed by atoms with Crippen molar-refractivity contribution >= 4 is 23.0 Å². The number of rotatable bonds is 4. The number of nitrogens with zero attached hydrogens (tertiary/aromatic N) is 3. The minimum Gasteiger partial charge on any atom is -0.305 e. The summed E-state index contributed by atoms with van der Waals surface area (Å²) in [5, 5.41) is 5.49. The number of anilines is 1. The standard InChI is InChI=1S/C25H26N4OS/c1-5-17-11-19-16(2)13-25(3,4)28-15-29-22(20(12-17)21(19)28)23(30)26-24(27-29)31-14-18-9-7-6-8-10-18/h6-13H,5,14-15H2,1-4H3/p+1. The molecule has 5 rings (SSSR count). The Morgan fingerprint density at radius 1 is 1.16 bits per heavy atom. The molecule has 0 amide bonds. The van der Waals surface area contributed by atoms with Gasteiger partial charge in [-0.1, -0.05) is 59.8 Å². The van der Waals surface area contributed by atoms with E-state index in [-0.39, 0.29) is 11.1 Å². The maximum absolute atomic E-state index is 13.3. The molecule has 158 valence electrons. The Bertz CT molecular complexity index is 1260. The van der Waals surface area contributed by atoms with Gasteiger partial charge in [0.05, 0.1) is 16.8 Å². The van der Waals surface area contributed by atoms with Gasteiger partial charge in [0.15, 0.2) is 0 Å². The number of hydrogen-bond acceptors (Lipinski definition) is 4. The molecule has 5 nitrogen and oxygen atoms in total. The average molecular weight is 432 g/mol. The molecular formula is C25H27N4OS+. The topological polar surface area (TPSA) is 52.9 Å². The van der Waals surface area contributed by atoms with E-state index in [9.17, 15) is 4.79 Å². The predicted molar refractivity (Wildman–Crippen MR) is 126 cm³/mol. The first kappa shape index (κ1) is 20.1. The van der Waals surface area contributed by atoms with E-state index in [4.69, 9.17) is 5.10 Å². The quantitative estimate of drug-likeness (QED) is 0.486. The number of aromatic amines is 1. The van der Waals surface area contributed by atoms with Gasteiger partial charge in [0.1, 0.15) is 0 Å². The predicted octanol–water partition coefficient (Wildman–Crippen LogP) is 4.55. The van der Waals surface area contributed by atoms with Crippen LogP contribution in [0.1, 0.15) is 44.4 Å². The second kappa shape index (κ2) is 7.38. The molecule has 1 aromatic heterocycles. The molecule has 3 heterocycles. The number of aromatic nitrogens is 3. The van der Waals surface area contributed by atoms with Crippen LogP contribution in [0.4, 0.5) is 5.69 Å². The lowest BCUT2D eigenvalue weighted by Crippen LogP contribution is -2.60. The Kier molecular flexibility index (Phi) is 4.77. The number of aryl methyl sites for hydroxylation is 1. The van der Waals surface area contributed by atoms with Gasteiger partial charge in [-0.3, -0.25) is 9.78 Å². The second-order valence-corrected chi connectivity index (χ2v) is 9.79. The van der Waals surface area contributed by atoms with E-state index in [1.54, 1.807) is 11.8 Å². The highest BCUT2D eigenvalue weighted by atomic mass is 32.2. The molecule has 0 radical (unpaired) electrons. The van der Waals surface area contributed by atoms with Crippen molar-refractivity contribution in [2.75, 3.05) is 4.90 Å². The Labute approximate surface area is 186 Å². The van der Waals surface area contributed by atoms with Crippen LogP contribution in [0.25, 0.3) is 16.8 Å². The number of hydrogen-bond donors (Lipinski definition) is 1. The van der Waals surface area contributed by atoms with Crippen LogP contribution in [-0.4, -0.2) is 15.6 Å². The van der Waals surface area contributed by atoms with Gasteiger partial charge in [-0.05, 0) is 56.0 Å². The largest absolute Gasteiger partial charge is 0.325 e. The smallest absolute Gasteiger partial charge is 0.305 e. The minimum atomic E-state index is -0.161. The van der Waals surface area contributed by atoms with Crippen molar-refractivity contribution in [3.63, 3.8) is 0 Å². The lowest BCUT2D eigenvalue weighted by Gasteiger charge is -2.43. The summed E-state index contributed by atoms with van der Waals surface area (Å²) in [7, 11) is 0. The average Bonchev–Trinajstić information content (AvgIpc) is 2.75. The van der Waals surface area contributed by atoms with E-state index < -0.39 is 0 Å². The molecule has 0 atom stereocenters. The lowest BCUT2D eigenvalue weighted by atomic mass is 9.84. The van der Waals surface area contributed by atoms with E-state index in [0.717, 1.165) is 23.4 Å². The number of thioether (sulfide) groups is 1. The van der Waals surface area contributed by atoms with Crippen LogP contribution >= 0.6 is 11.8 Å². The van der Waals surface area contributed by atoms with Gasteiger partial charge >= 0.3 is 11.3 Å². The first-order valence-corrected chi connectivity index (χ1v) is 11.7. The molecule has 0 bridgehead atoms. The number of allylic oxidation sites excluding steroid dienone is 1. The Balaban J connectivity index is 1.63. The molecule has 3 aromatic rings. The molecule has 0 unspecified atom stereocenters. The van der Waals surface area contributed by atoms with Crippen LogP contribution in [0.3, 0.4) is 0 Å². The van der Waals surface area contributed by atoms with Crippen molar-refractivity contribution in [1.82, 2.24) is 10.1 Å². The molecule has 2 aliphatic heterocycles. The normalized spacial score (nSPS) is 15.9. The number of benzene rings is 2. The summed E-state index contributed by atoms with van der Waals surface area (Å²) in [5.74, 6) is 0.765. The Hall–Kier alpha value is -2.86. The van der Waals surface area contributed by atoms with Gasteiger partial charge in [0.2, 0.25) is 5.16 Å². The fourth-order valence-electron chi connectivity index (χ4n) is 4.64. The molecule has 0 spiro atoms. The molecule has 0 saturated heterocycles. The first-order chi connectivity index (χ1) is 14.9. The highest BCUT2D eigenvalue weighted by Gasteiger charge is 2.43. The maximum Gasteiger partial charge on any atom is 0.325 e. The van der Waals surface area contributed by atoms with Crippen LogP contribution in [0.5, 0.6) is 0 Å². The van der Waals surface area contributed by atoms with Crippen molar-refractivity contribution in [1.29, 1.82) is 0 Å². The molecule has 0 aliphatic carbocycles. The molecule has 31 heavy (non-hydrogen) atoms. The number of fused-ring (bicyclic) bond motifs is 2. The van der Waals surface area contributed by atoms with Crippen LogP contribution in [0, 0.1) is 0 Å². The summed E-state index contributed by atoms with van der Waals surface area (Å²) in [6.45, 7) is 9.32. The van der Waals surface area contributed by atoms with Crippen molar-refractivity contribution in [3.8, 4) is 11.3 Å². The maximum atomic E-state index is 13.3. The van der Waals surface area contributed by atoms with Gasteiger partial charge < -0.3 is 4.90 Å². The summed E-state index contributed by atoms with van der Waals surface area (Å²) < 4.78 is 1.88. The third-order valence-corrected chi connectivity index (χ3v) is 7.13. The summed E-state index contributed by atoms with van der Waals surface area (Å²) >= 11 is 1.56. The first-order valence-electron chi connectivity index (χ1n) is 10.7. The van der Waals surface area contributed by atoms with Crippen LogP contribution in [-0.2, 0) is 18.8 Å². The monoisotopic (exact) mass is 431 g/mol. The van der Waals surface area contributed by atoms with Gasteiger partial charge in [-0.15, -0.1) is 0 Å². The zero-order valence-electron chi connectivity index (χ0n) is 18.4. The molecular weight excluding hydrogens is 404 g/mol. The van der Waals surface area contributed by atoms with Crippen LogP contribution in [0.2, 0.25) is 0 Å². The lowest BCUT2D eigenvalue weighted by molar-refractivity contribution is -0.749. The van der Waals surface area contributed by atoms with E-state index in [1.807, 2.05) is 22.9 Å². The molecule has 6 heteroatoms. The summed E-state index contributed by atoms with van der Waals surface area (Å²) in [6.07, 6.45) is 3.25. The summed E-state index contributed by atoms with van der Waals surface area (Å²) in [4.78, 5) is 18.7. The van der Waals surface area contributed by atoms with Crippen molar-refractivity contribution < 1.29 is 4.68 Å². The van der Waals surface area contributed by atoms with Crippen molar-refractivity contribution in [3.05, 3.63) is 75.6 Å². The molecule has 2 aliphatic rings. The zero-order valence-corrected chi connectivity index (χ0v) is 19.2. The van der Waals surface area contributed by atoms with Gasteiger partial charge in [-0.25, -0.2) is 0 Å². The summed E-state index contributed by atoms with van der Waals surface area (Å²) in [5.41, 5.74) is 7.47. The van der Waals surface area contributed by atoms with Crippen molar-refractivity contribution in [2.45, 2.75) is 57.2 Å². The third kappa shape index (κ3) is 3.39. The van der Waals surface area contributed by atoms with E-state index in [0.29, 0.717) is 17.5 Å². The van der Waals surface area contributed by atoms with Crippen LogP contribution in [0.15, 0.2) is 58.5 Å². The van der Waals surface area contributed by atoms with Gasteiger partial charge in [0, 0.05) is 16.4 Å². The fraction of sp³-hybridized carbons (Fsp3) is 0.320. The summed E-state index contributed by atoms with van der Waals surface area (Å²) in [6, 6.07) is 14.7. The van der Waals surface area contributed by atoms with Gasteiger partial charge in [0.25, 0.3) is 6.67 Å².